The molecule has 4 atom stereocenters. The first-order valence-electron chi connectivity index (χ1n) is 12.7. The van der Waals surface area contributed by atoms with E-state index in [4.69, 9.17) is 0 Å². The van der Waals surface area contributed by atoms with Gasteiger partial charge in [0.25, 0.3) is 0 Å². The molecule has 0 saturated carbocycles. The predicted molar refractivity (Wildman–Crippen MR) is 144 cm³/mol. The van der Waals surface area contributed by atoms with Crippen molar-refractivity contribution >= 4 is 17.6 Å². The molecule has 3 aromatic rings. The number of hydrogen-bond acceptors (Lipinski definition) is 5. The van der Waals surface area contributed by atoms with Gasteiger partial charge in [0.1, 0.15) is 6.23 Å². The Labute approximate surface area is 216 Å². The third-order valence-corrected chi connectivity index (χ3v) is 7.69. The maximum Gasteiger partial charge on any atom is 0.333 e. The Morgan fingerprint density at radius 3 is 2.70 bits per heavy atom. The number of carboxylic acids is 1. The minimum absolute atomic E-state index is 0.228. The van der Waals surface area contributed by atoms with E-state index in [1.54, 1.807) is 12.3 Å². The van der Waals surface area contributed by atoms with Crippen molar-refractivity contribution in [3.8, 4) is 11.1 Å². The summed E-state index contributed by atoms with van der Waals surface area (Å²) in [5.41, 5.74) is 9.19. The Morgan fingerprint density at radius 1 is 1.08 bits per heavy atom. The largest absolute Gasteiger partial charge is 0.478 e. The molecule has 0 saturated heterocycles. The molecule has 4 N–H and O–H groups in total. The summed E-state index contributed by atoms with van der Waals surface area (Å²) in [4.78, 5) is 16.4. The number of fused-ring (bicyclic) bond motifs is 4. The zero-order valence-corrected chi connectivity index (χ0v) is 20.8. The summed E-state index contributed by atoms with van der Waals surface area (Å²) in [6, 6.07) is 15.7. The molecule has 2 aromatic carbocycles. The lowest BCUT2D eigenvalue weighted by molar-refractivity contribution is -0.133. The fraction of sp³-hybridized carbons (Fsp3) is 0.226. The fourth-order valence-electron chi connectivity index (χ4n) is 5.78. The quantitative estimate of drug-likeness (QED) is 0.362. The van der Waals surface area contributed by atoms with Crippen LogP contribution in [0, 0.1) is 0 Å². The van der Waals surface area contributed by atoms with E-state index in [1.165, 1.54) is 0 Å². The molecule has 186 valence electrons. The standard InChI is InChI=1S/C31H29N3O3/c1-17-7-5-11-23-24(13-14-32-28(17)23)30(35)34-29-22-9-4-3-8-21(22)27-20(10-6-12-25(27)29)19-15-26(31(36)37)18(2)33-16-19/h3-6,8-18,29-30,33-35H,7H2,1-2H3,(H,36,37)/t17-,18?,29?,30?/m0/s1. The highest BCUT2D eigenvalue weighted by Gasteiger charge is 2.33. The monoisotopic (exact) mass is 491 g/mol. The Hall–Kier alpha value is -4.00. The maximum atomic E-state index is 11.8. The van der Waals surface area contributed by atoms with Crippen molar-refractivity contribution in [2.24, 2.45) is 0 Å². The number of aromatic nitrogens is 1. The lowest BCUT2D eigenvalue weighted by atomic mass is 9.89. The molecule has 0 radical (unpaired) electrons. The Kier molecular flexibility index (Phi) is 5.78. The van der Waals surface area contributed by atoms with Gasteiger partial charge >= 0.3 is 5.97 Å². The van der Waals surface area contributed by atoms with Crippen LogP contribution in [0.5, 0.6) is 0 Å². The summed E-state index contributed by atoms with van der Waals surface area (Å²) >= 11 is 0. The first-order chi connectivity index (χ1) is 17.9. The Morgan fingerprint density at radius 2 is 1.86 bits per heavy atom. The summed E-state index contributed by atoms with van der Waals surface area (Å²) in [6.07, 6.45) is 9.68. The number of aliphatic hydroxyl groups is 1. The van der Waals surface area contributed by atoms with E-state index in [0.29, 0.717) is 11.5 Å². The van der Waals surface area contributed by atoms with Crippen LogP contribution in [0.4, 0.5) is 0 Å². The lowest BCUT2D eigenvalue weighted by Crippen LogP contribution is -2.30. The van der Waals surface area contributed by atoms with Crippen molar-refractivity contribution in [1.82, 2.24) is 15.6 Å². The first kappa shape index (κ1) is 23.4. The third-order valence-electron chi connectivity index (χ3n) is 7.69. The van der Waals surface area contributed by atoms with Gasteiger partial charge in [0.05, 0.1) is 23.4 Å². The average molecular weight is 492 g/mol. The zero-order chi connectivity index (χ0) is 25.7. The molecule has 37 heavy (non-hydrogen) atoms. The molecule has 3 aliphatic rings. The SMILES string of the molecule is CC1NC=C(c2cccc3c2-c2ccccc2C3NC(O)c2ccnc3c2C=CC[C@@H]3C)C=C1C(=O)O. The van der Waals surface area contributed by atoms with Crippen molar-refractivity contribution in [3.05, 3.63) is 112 Å². The normalized spacial score (nSPS) is 22.2. The van der Waals surface area contributed by atoms with Gasteiger partial charge in [0, 0.05) is 29.4 Å². The summed E-state index contributed by atoms with van der Waals surface area (Å²) < 4.78 is 0. The molecular formula is C31H29N3O3. The number of carboxylic acid groups (broad SMARTS) is 1. The number of dihydropyridines is 1. The molecular weight excluding hydrogens is 462 g/mol. The van der Waals surface area contributed by atoms with Gasteiger partial charge in [-0.05, 0) is 58.9 Å². The van der Waals surface area contributed by atoms with E-state index in [1.807, 2.05) is 43.5 Å². The number of hydrogen-bond donors (Lipinski definition) is 4. The molecule has 6 heteroatoms. The van der Waals surface area contributed by atoms with Gasteiger partial charge in [-0.2, -0.15) is 0 Å². The fourth-order valence-corrected chi connectivity index (χ4v) is 5.78. The lowest BCUT2D eigenvalue weighted by Gasteiger charge is -2.25. The number of benzene rings is 2. The molecule has 1 aliphatic heterocycles. The smallest absolute Gasteiger partial charge is 0.333 e. The summed E-state index contributed by atoms with van der Waals surface area (Å²) in [5, 5.41) is 27.8. The average Bonchev–Trinajstić information content (AvgIpc) is 3.22. The van der Waals surface area contributed by atoms with E-state index in [0.717, 1.165) is 56.6 Å². The molecule has 0 fully saturated rings. The van der Waals surface area contributed by atoms with Gasteiger partial charge in [-0.3, -0.25) is 10.3 Å². The van der Waals surface area contributed by atoms with Crippen LogP contribution >= 0.6 is 0 Å². The van der Waals surface area contributed by atoms with Gasteiger partial charge in [-0.15, -0.1) is 0 Å². The van der Waals surface area contributed by atoms with Crippen LogP contribution in [0.25, 0.3) is 22.8 Å². The minimum Gasteiger partial charge on any atom is -0.478 e. The number of carbonyl (C=O) groups is 1. The highest BCUT2D eigenvalue weighted by atomic mass is 16.4. The van der Waals surface area contributed by atoms with E-state index in [9.17, 15) is 15.0 Å². The number of rotatable bonds is 5. The van der Waals surface area contributed by atoms with Gasteiger partial charge in [0.2, 0.25) is 0 Å². The number of nitrogens with one attached hydrogen (secondary N) is 2. The van der Waals surface area contributed by atoms with Crippen LogP contribution in [-0.2, 0) is 4.79 Å². The molecule has 0 amide bonds. The second kappa shape index (κ2) is 9.14. The summed E-state index contributed by atoms with van der Waals surface area (Å²) in [7, 11) is 0. The molecule has 3 unspecified atom stereocenters. The molecule has 6 nitrogen and oxygen atoms in total. The molecule has 1 aromatic heterocycles. The van der Waals surface area contributed by atoms with Crippen LogP contribution in [0.2, 0.25) is 0 Å². The van der Waals surface area contributed by atoms with Crippen LogP contribution in [0.3, 0.4) is 0 Å². The summed E-state index contributed by atoms with van der Waals surface area (Å²) in [6.45, 7) is 4.00. The topological polar surface area (TPSA) is 94.5 Å². The second-order valence-corrected chi connectivity index (χ2v) is 9.99. The zero-order valence-electron chi connectivity index (χ0n) is 20.8. The molecule has 2 heterocycles. The molecule has 0 bridgehead atoms. The van der Waals surface area contributed by atoms with Crippen molar-refractivity contribution < 1.29 is 15.0 Å². The first-order valence-corrected chi connectivity index (χ1v) is 12.7. The number of pyridine rings is 1. The van der Waals surface area contributed by atoms with Gasteiger partial charge in [-0.25, -0.2) is 4.79 Å². The van der Waals surface area contributed by atoms with Crippen molar-refractivity contribution in [2.45, 2.75) is 44.5 Å². The molecule has 2 aliphatic carbocycles. The second-order valence-electron chi connectivity index (χ2n) is 9.99. The van der Waals surface area contributed by atoms with Crippen LogP contribution in [0.1, 0.15) is 72.0 Å². The van der Waals surface area contributed by atoms with Crippen LogP contribution < -0.4 is 10.6 Å². The van der Waals surface area contributed by atoms with Crippen LogP contribution in [0.15, 0.2) is 78.7 Å². The molecule has 6 rings (SSSR count). The Bertz CT molecular complexity index is 1500. The number of aliphatic hydroxyl groups excluding tert-OH is 1. The highest BCUT2D eigenvalue weighted by Crippen LogP contribution is 2.48. The van der Waals surface area contributed by atoms with Crippen molar-refractivity contribution in [2.75, 3.05) is 0 Å². The third kappa shape index (κ3) is 3.89. The maximum absolute atomic E-state index is 11.8. The number of nitrogens with zero attached hydrogens (tertiary/aromatic N) is 1. The van der Waals surface area contributed by atoms with E-state index < -0.39 is 12.2 Å². The van der Waals surface area contributed by atoms with E-state index >= 15 is 0 Å². The van der Waals surface area contributed by atoms with Gasteiger partial charge < -0.3 is 15.5 Å². The van der Waals surface area contributed by atoms with E-state index in [2.05, 4.69) is 52.9 Å². The van der Waals surface area contributed by atoms with Crippen molar-refractivity contribution in [3.63, 3.8) is 0 Å². The predicted octanol–water partition coefficient (Wildman–Crippen LogP) is 5.30. The number of allylic oxidation sites excluding steroid dienone is 3. The minimum atomic E-state index is -0.926. The van der Waals surface area contributed by atoms with Gasteiger partial charge in [-0.1, -0.05) is 61.5 Å². The highest BCUT2D eigenvalue weighted by molar-refractivity contribution is 5.97. The van der Waals surface area contributed by atoms with E-state index in [-0.39, 0.29) is 12.1 Å². The summed E-state index contributed by atoms with van der Waals surface area (Å²) in [5.74, 6) is -0.614. The van der Waals surface area contributed by atoms with Crippen molar-refractivity contribution in [1.29, 1.82) is 0 Å². The molecule has 0 spiro atoms. The Balaban J connectivity index is 1.42. The number of aliphatic carboxylic acids is 1. The van der Waals surface area contributed by atoms with Gasteiger partial charge in [0.15, 0.2) is 0 Å². The van der Waals surface area contributed by atoms with Crippen LogP contribution in [-0.4, -0.2) is 27.2 Å².